The van der Waals surface area contributed by atoms with Crippen molar-refractivity contribution in [2.24, 2.45) is 5.92 Å². The van der Waals surface area contributed by atoms with Crippen LogP contribution in [-0.2, 0) is 20.7 Å². The number of nitrogens with zero attached hydrogens (tertiary/aromatic N) is 1. The summed E-state index contributed by atoms with van der Waals surface area (Å²) in [6.45, 7) is 5.36. The molecule has 1 heterocycles. The second-order valence-corrected chi connectivity index (χ2v) is 8.85. The number of ketones is 1. The topological polar surface area (TPSA) is 95.9 Å². The SMILES string of the molecule is C\C=C/C(=C\C=C\C(=O)c1cc(CC)sc1NC(=O)C(CCC)CN(C)CC(=O)O)OC(F)(F)F. The van der Waals surface area contributed by atoms with Crippen LogP contribution in [0.2, 0.25) is 0 Å². The number of ether oxygens (including phenoxy) is 1. The van der Waals surface area contributed by atoms with E-state index in [4.69, 9.17) is 5.11 Å². The number of carbonyl (C=O) groups excluding carboxylic acids is 2. The lowest BCUT2D eigenvalue weighted by molar-refractivity contribution is -0.303. The third-order valence-electron chi connectivity index (χ3n) is 4.65. The van der Waals surface area contributed by atoms with Gasteiger partial charge in [0.05, 0.1) is 18.0 Å². The molecule has 0 aliphatic rings. The highest BCUT2D eigenvalue weighted by Crippen LogP contribution is 2.30. The average molecular weight is 517 g/mol. The number of nitrogens with one attached hydrogen (secondary N) is 1. The molecule has 1 rings (SSSR count). The third kappa shape index (κ3) is 11.4. The summed E-state index contributed by atoms with van der Waals surface area (Å²) in [7, 11) is 1.61. The lowest BCUT2D eigenvalue weighted by Gasteiger charge is -2.22. The zero-order valence-corrected chi connectivity index (χ0v) is 21.0. The van der Waals surface area contributed by atoms with Crippen molar-refractivity contribution in [2.75, 3.05) is 25.5 Å². The van der Waals surface area contributed by atoms with Crippen molar-refractivity contribution in [1.82, 2.24) is 4.90 Å². The van der Waals surface area contributed by atoms with Gasteiger partial charge in [-0.1, -0.05) is 32.4 Å². The van der Waals surface area contributed by atoms with E-state index in [0.717, 1.165) is 29.2 Å². The first-order chi connectivity index (χ1) is 16.4. The van der Waals surface area contributed by atoms with Gasteiger partial charge in [-0.2, -0.15) is 0 Å². The number of hydrogen-bond acceptors (Lipinski definition) is 6. The van der Waals surface area contributed by atoms with Crippen LogP contribution in [0.25, 0.3) is 0 Å². The Balaban J connectivity index is 3.09. The number of carbonyl (C=O) groups is 3. The van der Waals surface area contributed by atoms with Crippen LogP contribution in [0, 0.1) is 5.92 Å². The van der Waals surface area contributed by atoms with Gasteiger partial charge in [-0.15, -0.1) is 24.5 Å². The minimum Gasteiger partial charge on any atom is -0.480 e. The van der Waals surface area contributed by atoms with Crippen molar-refractivity contribution < 1.29 is 37.4 Å². The molecule has 0 radical (unpaired) electrons. The van der Waals surface area contributed by atoms with Crippen LogP contribution in [-0.4, -0.2) is 54.2 Å². The molecular formula is C24H31F3N2O5S. The van der Waals surface area contributed by atoms with E-state index in [2.05, 4.69) is 10.1 Å². The van der Waals surface area contributed by atoms with E-state index >= 15 is 0 Å². The molecule has 0 aromatic carbocycles. The fourth-order valence-corrected chi connectivity index (χ4v) is 4.18. The van der Waals surface area contributed by atoms with Gasteiger partial charge in [0, 0.05) is 11.4 Å². The van der Waals surface area contributed by atoms with Crippen molar-refractivity contribution in [3.63, 3.8) is 0 Å². The summed E-state index contributed by atoms with van der Waals surface area (Å²) in [6, 6.07) is 1.64. The minimum atomic E-state index is -4.86. The zero-order valence-electron chi connectivity index (χ0n) is 20.1. The smallest absolute Gasteiger partial charge is 0.480 e. The average Bonchev–Trinajstić information content (AvgIpc) is 3.14. The summed E-state index contributed by atoms with van der Waals surface area (Å²) in [5.41, 5.74) is 0.225. The zero-order chi connectivity index (χ0) is 26.6. The molecule has 194 valence electrons. The van der Waals surface area contributed by atoms with Gasteiger partial charge < -0.3 is 15.2 Å². The maximum Gasteiger partial charge on any atom is 0.573 e. The first-order valence-electron chi connectivity index (χ1n) is 11.0. The fraction of sp³-hybridized carbons (Fsp3) is 0.458. The molecule has 1 amide bonds. The molecule has 0 aliphatic carbocycles. The molecule has 1 atom stereocenters. The minimum absolute atomic E-state index is 0.207. The van der Waals surface area contributed by atoms with Gasteiger partial charge in [-0.25, -0.2) is 0 Å². The summed E-state index contributed by atoms with van der Waals surface area (Å²) in [5, 5.41) is 12.1. The van der Waals surface area contributed by atoms with Crippen LogP contribution in [0.5, 0.6) is 0 Å². The Morgan fingerprint density at radius 1 is 1.26 bits per heavy atom. The van der Waals surface area contributed by atoms with Crippen LogP contribution in [0.3, 0.4) is 0 Å². The van der Waals surface area contributed by atoms with Crippen molar-refractivity contribution in [3.8, 4) is 0 Å². The molecule has 0 bridgehead atoms. The lowest BCUT2D eigenvalue weighted by Crippen LogP contribution is -2.36. The van der Waals surface area contributed by atoms with E-state index < -0.39 is 29.8 Å². The standard InChI is InChI=1S/C24H31F3N2O5S/c1-5-9-16(14-29(4)15-21(31)32)22(33)28-23-19(13-18(7-3)35-23)20(30)12-8-11-17(10-6-2)34-24(25,26)27/h6,8,10-13,16H,5,7,9,14-15H2,1-4H3,(H,28,33)(H,31,32)/b10-6-,12-8+,17-11+. The normalized spacial score (nSPS) is 13.5. The Morgan fingerprint density at radius 2 is 1.94 bits per heavy atom. The van der Waals surface area contributed by atoms with Crippen LogP contribution in [0.1, 0.15) is 48.8 Å². The van der Waals surface area contributed by atoms with Gasteiger partial charge in [0.2, 0.25) is 5.91 Å². The molecule has 1 aromatic rings. The number of alkyl halides is 3. The molecule has 35 heavy (non-hydrogen) atoms. The first-order valence-corrected chi connectivity index (χ1v) is 11.9. The van der Waals surface area contributed by atoms with E-state index in [1.807, 2.05) is 13.8 Å². The molecule has 7 nitrogen and oxygen atoms in total. The highest BCUT2D eigenvalue weighted by Gasteiger charge is 2.31. The van der Waals surface area contributed by atoms with E-state index in [9.17, 15) is 27.6 Å². The van der Waals surface area contributed by atoms with Gasteiger partial charge in [-0.3, -0.25) is 19.3 Å². The summed E-state index contributed by atoms with van der Waals surface area (Å²) in [6.07, 6.45) is 2.75. The molecule has 2 N–H and O–H groups in total. The third-order valence-corrected chi connectivity index (χ3v) is 5.85. The van der Waals surface area contributed by atoms with E-state index in [1.165, 1.54) is 24.3 Å². The first kappa shape index (κ1) is 30.1. The largest absolute Gasteiger partial charge is 0.573 e. The second kappa shape index (κ2) is 14.5. The van der Waals surface area contributed by atoms with E-state index in [1.54, 1.807) is 18.0 Å². The predicted octanol–water partition coefficient (Wildman–Crippen LogP) is 5.42. The Kier molecular flexibility index (Phi) is 12.5. The summed E-state index contributed by atoms with van der Waals surface area (Å²) in [4.78, 5) is 39.1. The Hall–Kier alpha value is -2.92. The number of allylic oxidation sites excluding steroid dienone is 5. The number of carboxylic acid groups (broad SMARTS) is 1. The molecule has 0 saturated carbocycles. The van der Waals surface area contributed by atoms with Crippen molar-refractivity contribution in [2.45, 2.75) is 46.4 Å². The Bertz CT molecular complexity index is 967. The number of aryl methyl sites for hydroxylation is 1. The van der Waals surface area contributed by atoms with Gasteiger partial charge in [-0.05, 0) is 51.1 Å². The van der Waals surface area contributed by atoms with Gasteiger partial charge in [0.1, 0.15) is 10.8 Å². The summed E-state index contributed by atoms with van der Waals surface area (Å²) >= 11 is 1.24. The molecule has 0 aliphatic heterocycles. The molecule has 0 fully saturated rings. The van der Waals surface area contributed by atoms with Gasteiger partial charge >= 0.3 is 12.3 Å². The number of aliphatic carboxylic acids is 1. The number of carboxylic acids is 1. The van der Waals surface area contributed by atoms with Crippen molar-refractivity contribution >= 4 is 34.0 Å². The highest BCUT2D eigenvalue weighted by atomic mass is 32.1. The van der Waals surface area contributed by atoms with Crippen LogP contribution < -0.4 is 5.32 Å². The number of thiophene rings is 1. The number of halogens is 3. The van der Waals surface area contributed by atoms with Crippen molar-refractivity contribution in [1.29, 1.82) is 0 Å². The maximum absolute atomic E-state index is 13.0. The quantitative estimate of drug-likeness (QED) is 0.148. The van der Waals surface area contributed by atoms with E-state index in [-0.39, 0.29) is 24.6 Å². The second-order valence-electron chi connectivity index (χ2n) is 7.71. The maximum atomic E-state index is 13.0. The molecule has 11 heteroatoms. The molecular weight excluding hydrogens is 485 g/mol. The number of anilines is 1. The summed E-state index contributed by atoms with van der Waals surface area (Å²) in [5.74, 6) is -2.79. The highest BCUT2D eigenvalue weighted by molar-refractivity contribution is 7.16. The van der Waals surface area contributed by atoms with Gasteiger partial charge in [0.15, 0.2) is 5.78 Å². The molecule has 0 saturated heterocycles. The predicted molar refractivity (Wildman–Crippen MR) is 129 cm³/mol. The van der Waals surface area contributed by atoms with Crippen LogP contribution in [0.15, 0.2) is 42.2 Å². The van der Waals surface area contributed by atoms with Crippen LogP contribution >= 0.6 is 11.3 Å². The summed E-state index contributed by atoms with van der Waals surface area (Å²) < 4.78 is 41.4. The number of rotatable bonds is 14. The number of hydrogen-bond donors (Lipinski definition) is 2. The molecule has 0 spiro atoms. The molecule has 1 aromatic heterocycles. The Morgan fingerprint density at radius 3 is 2.49 bits per heavy atom. The lowest BCUT2D eigenvalue weighted by atomic mass is 10.0. The Labute approximate surface area is 207 Å². The van der Waals surface area contributed by atoms with Crippen molar-refractivity contribution in [3.05, 3.63) is 52.6 Å². The fourth-order valence-electron chi connectivity index (χ4n) is 3.17. The van der Waals surface area contributed by atoms with Gasteiger partial charge in [0.25, 0.3) is 0 Å². The van der Waals surface area contributed by atoms with E-state index in [0.29, 0.717) is 24.3 Å². The number of likely N-dealkylation sites (N-methyl/N-ethyl adjacent to an activating group) is 1. The monoisotopic (exact) mass is 516 g/mol. The van der Waals surface area contributed by atoms with Crippen LogP contribution in [0.4, 0.5) is 18.2 Å². The number of amides is 1. The molecule has 1 unspecified atom stereocenters.